The van der Waals surface area contributed by atoms with E-state index < -0.39 is 10.0 Å². The Hall–Kier alpha value is -0.860. The molecule has 0 aromatic carbocycles. The van der Waals surface area contributed by atoms with Gasteiger partial charge >= 0.3 is 0 Å². The van der Waals surface area contributed by atoms with Gasteiger partial charge < -0.3 is 10.6 Å². The van der Waals surface area contributed by atoms with Crippen LogP contribution in [0.2, 0.25) is 0 Å². The SMILES string of the molecule is CN(C)S(=O)(=O)c1c(N)nsc1N(CC1CC1)C1CC1. The first kappa shape index (κ1) is 14.1. The third kappa shape index (κ3) is 2.51. The summed E-state index contributed by atoms with van der Waals surface area (Å²) in [5.74, 6) is 0.828. The van der Waals surface area contributed by atoms with Crippen LogP contribution in [0.5, 0.6) is 0 Å². The van der Waals surface area contributed by atoms with E-state index in [2.05, 4.69) is 9.27 Å². The Morgan fingerprint density at radius 1 is 1.30 bits per heavy atom. The lowest BCUT2D eigenvalue weighted by atomic mass is 10.3. The van der Waals surface area contributed by atoms with Crippen molar-refractivity contribution >= 4 is 32.4 Å². The maximum absolute atomic E-state index is 12.5. The van der Waals surface area contributed by atoms with Gasteiger partial charge in [0.25, 0.3) is 0 Å². The predicted octanol–water partition coefficient (Wildman–Crippen LogP) is 1.35. The van der Waals surface area contributed by atoms with Gasteiger partial charge in [-0.1, -0.05) is 0 Å². The molecular weight excluding hydrogens is 296 g/mol. The van der Waals surface area contributed by atoms with Crippen LogP contribution < -0.4 is 10.6 Å². The Balaban J connectivity index is 2.00. The number of nitrogens with two attached hydrogens (primary N) is 1. The Bertz CT molecular complexity index is 603. The fraction of sp³-hybridized carbons (Fsp3) is 0.750. The van der Waals surface area contributed by atoms with E-state index in [0.29, 0.717) is 12.0 Å². The third-order valence-corrected chi connectivity index (χ3v) is 6.70. The molecule has 2 saturated carbocycles. The van der Waals surface area contributed by atoms with E-state index in [0.717, 1.165) is 24.4 Å². The van der Waals surface area contributed by atoms with Gasteiger partial charge in [-0.15, -0.1) is 0 Å². The van der Waals surface area contributed by atoms with Crippen molar-refractivity contribution in [2.45, 2.75) is 36.6 Å². The average Bonchev–Trinajstić information content (AvgIpc) is 3.25. The molecule has 0 bridgehead atoms. The molecule has 2 aliphatic rings. The number of rotatable bonds is 6. The van der Waals surface area contributed by atoms with E-state index in [1.807, 2.05) is 0 Å². The molecule has 112 valence electrons. The predicted molar refractivity (Wildman–Crippen MR) is 80.5 cm³/mol. The summed E-state index contributed by atoms with van der Waals surface area (Å²) in [6.45, 7) is 0.933. The molecule has 3 rings (SSSR count). The standard InChI is InChI=1S/C12H20N4O2S2/c1-15(2)20(17,18)10-11(13)14-19-12(10)16(9-5-6-9)7-8-3-4-8/h8-9H,3-7H2,1-2H3,(H2,13,14). The zero-order valence-electron chi connectivity index (χ0n) is 11.7. The summed E-state index contributed by atoms with van der Waals surface area (Å²) in [5, 5.41) is 0.727. The highest BCUT2D eigenvalue weighted by Gasteiger charge is 2.39. The minimum atomic E-state index is -3.55. The highest BCUT2D eigenvalue weighted by atomic mass is 32.2. The largest absolute Gasteiger partial charge is 0.382 e. The topological polar surface area (TPSA) is 79.5 Å². The molecular formula is C12H20N4O2S2. The van der Waals surface area contributed by atoms with Crippen LogP contribution in [-0.2, 0) is 10.0 Å². The summed E-state index contributed by atoms with van der Waals surface area (Å²) in [5.41, 5.74) is 5.84. The molecule has 2 aliphatic carbocycles. The summed E-state index contributed by atoms with van der Waals surface area (Å²) in [6, 6.07) is 0.464. The van der Waals surface area contributed by atoms with Crippen LogP contribution in [0.15, 0.2) is 4.90 Å². The zero-order chi connectivity index (χ0) is 14.5. The molecule has 0 aliphatic heterocycles. The maximum atomic E-state index is 12.5. The summed E-state index contributed by atoms with van der Waals surface area (Å²) >= 11 is 1.21. The van der Waals surface area contributed by atoms with Gasteiger partial charge in [0.2, 0.25) is 10.0 Å². The quantitative estimate of drug-likeness (QED) is 0.857. The number of hydrogen-bond donors (Lipinski definition) is 1. The van der Waals surface area contributed by atoms with Crippen molar-refractivity contribution in [2.24, 2.45) is 5.92 Å². The number of anilines is 2. The highest BCUT2D eigenvalue weighted by Crippen LogP contribution is 2.43. The van der Waals surface area contributed by atoms with Crippen LogP contribution in [0.25, 0.3) is 0 Å². The van der Waals surface area contributed by atoms with Gasteiger partial charge in [0.05, 0.1) is 0 Å². The van der Waals surface area contributed by atoms with Crippen molar-refractivity contribution in [3.63, 3.8) is 0 Å². The number of aromatic nitrogens is 1. The number of nitrogens with zero attached hydrogens (tertiary/aromatic N) is 3. The second-order valence-electron chi connectivity index (χ2n) is 5.82. The Morgan fingerprint density at radius 2 is 1.95 bits per heavy atom. The smallest absolute Gasteiger partial charge is 0.249 e. The average molecular weight is 316 g/mol. The second kappa shape index (κ2) is 4.85. The normalized spacial score (nSPS) is 19.6. The molecule has 1 aromatic heterocycles. The van der Waals surface area contributed by atoms with Crippen molar-refractivity contribution in [1.29, 1.82) is 0 Å². The fourth-order valence-electron chi connectivity index (χ4n) is 2.26. The van der Waals surface area contributed by atoms with Crippen molar-refractivity contribution < 1.29 is 8.42 Å². The van der Waals surface area contributed by atoms with Crippen LogP contribution in [0.1, 0.15) is 25.7 Å². The molecule has 0 spiro atoms. The number of sulfonamides is 1. The third-order valence-electron chi connectivity index (χ3n) is 3.80. The summed E-state index contributed by atoms with van der Waals surface area (Å²) < 4.78 is 30.2. The summed E-state index contributed by atoms with van der Waals surface area (Å²) in [6.07, 6.45) is 4.75. The Labute approximate surface area is 123 Å². The fourth-order valence-corrected chi connectivity index (χ4v) is 4.55. The molecule has 0 radical (unpaired) electrons. The van der Waals surface area contributed by atoms with Crippen LogP contribution in [0.4, 0.5) is 10.8 Å². The second-order valence-corrected chi connectivity index (χ2v) is 8.66. The van der Waals surface area contributed by atoms with Crippen molar-refractivity contribution in [3.8, 4) is 0 Å². The van der Waals surface area contributed by atoms with E-state index in [1.165, 1.54) is 42.8 Å². The van der Waals surface area contributed by atoms with Crippen molar-refractivity contribution in [2.75, 3.05) is 31.3 Å². The first-order valence-corrected chi connectivity index (χ1v) is 9.07. The molecule has 2 N–H and O–H groups in total. The summed E-state index contributed by atoms with van der Waals surface area (Å²) in [4.78, 5) is 2.42. The van der Waals surface area contributed by atoms with Crippen molar-refractivity contribution in [3.05, 3.63) is 0 Å². The van der Waals surface area contributed by atoms with Gasteiger partial charge in [-0.2, -0.15) is 4.37 Å². The van der Waals surface area contributed by atoms with Gasteiger partial charge in [-0.05, 0) is 43.1 Å². The number of nitrogen functional groups attached to an aromatic ring is 1. The lowest BCUT2D eigenvalue weighted by Gasteiger charge is -2.24. The first-order valence-electron chi connectivity index (χ1n) is 6.85. The first-order chi connectivity index (χ1) is 9.41. The van der Waals surface area contributed by atoms with Gasteiger partial charge in [0.1, 0.15) is 5.00 Å². The number of hydrogen-bond acceptors (Lipinski definition) is 6. The molecule has 0 saturated heterocycles. The lowest BCUT2D eigenvalue weighted by molar-refractivity contribution is 0.521. The highest BCUT2D eigenvalue weighted by molar-refractivity contribution is 7.89. The van der Waals surface area contributed by atoms with Gasteiger partial charge in [-0.25, -0.2) is 12.7 Å². The van der Waals surface area contributed by atoms with Crippen molar-refractivity contribution in [1.82, 2.24) is 8.68 Å². The van der Waals surface area contributed by atoms with Crippen LogP contribution in [-0.4, -0.2) is 43.8 Å². The van der Waals surface area contributed by atoms with Crippen LogP contribution in [0, 0.1) is 5.92 Å². The van der Waals surface area contributed by atoms with E-state index in [4.69, 9.17) is 5.73 Å². The monoisotopic (exact) mass is 316 g/mol. The maximum Gasteiger partial charge on any atom is 0.249 e. The van der Waals surface area contributed by atoms with E-state index in [-0.39, 0.29) is 10.7 Å². The van der Waals surface area contributed by atoms with Gasteiger partial charge in [-0.3, -0.25) is 0 Å². The molecule has 1 aromatic rings. The van der Waals surface area contributed by atoms with E-state index in [1.54, 1.807) is 0 Å². The van der Waals surface area contributed by atoms with E-state index in [9.17, 15) is 8.42 Å². The minimum Gasteiger partial charge on any atom is -0.382 e. The van der Waals surface area contributed by atoms with Gasteiger partial charge in [0.15, 0.2) is 10.7 Å². The Morgan fingerprint density at radius 3 is 2.45 bits per heavy atom. The summed E-state index contributed by atoms with van der Waals surface area (Å²) in [7, 11) is -0.494. The lowest BCUT2D eigenvalue weighted by Crippen LogP contribution is -2.30. The minimum absolute atomic E-state index is 0.125. The molecule has 8 heteroatoms. The van der Waals surface area contributed by atoms with Gasteiger partial charge in [0, 0.05) is 26.7 Å². The molecule has 1 heterocycles. The molecule has 20 heavy (non-hydrogen) atoms. The van der Waals surface area contributed by atoms with Crippen LogP contribution in [0.3, 0.4) is 0 Å². The Kier molecular flexibility index (Phi) is 3.42. The van der Waals surface area contributed by atoms with Crippen LogP contribution >= 0.6 is 11.5 Å². The zero-order valence-corrected chi connectivity index (χ0v) is 13.4. The molecule has 0 amide bonds. The molecule has 6 nitrogen and oxygen atoms in total. The molecule has 2 fully saturated rings. The molecule has 0 atom stereocenters. The van der Waals surface area contributed by atoms with E-state index >= 15 is 0 Å². The molecule has 0 unspecified atom stereocenters.